The maximum Gasteiger partial charge on any atom is 0.341 e. The van der Waals surface area contributed by atoms with Crippen molar-refractivity contribution < 1.29 is 23.9 Å². The first-order valence-corrected chi connectivity index (χ1v) is 15.7. The average molecular weight is 614 g/mol. The van der Waals surface area contributed by atoms with E-state index in [0.29, 0.717) is 38.8 Å². The van der Waals surface area contributed by atoms with Gasteiger partial charge in [0.1, 0.15) is 10.8 Å². The van der Waals surface area contributed by atoms with E-state index in [0.717, 1.165) is 29.7 Å². The van der Waals surface area contributed by atoms with Crippen molar-refractivity contribution in [2.75, 3.05) is 19.0 Å². The molecular weight excluding hydrogens is 574 g/mol. The Labute approximate surface area is 255 Å². The zero-order valence-electron chi connectivity index (χ0n) is 25.2. The fraction of sp³-hybridized carbons (Fsp3) is 0.500. The molecular formula is C30H39N5O5S2. The number of amides is 2. The molecule has 0 saturated heterocycles. The van der Waals surface area contributed by atoms with Crippen molar-refractivity contribution in [3.63, 3.8) is 0 Å². The van der Waals surface area contributed by atoms with Crippen molar-refractivity contribution in [1.29, 1.82) is 0 Å². The van der Waals surface area contributed by atoms with Gasteiger partial charge in [0.15, 0.2) is 11.0 Å². The third-order valence-corrected chi connectivity index (χ3v) is 9.83. The van der Waals surface area contributed by atoms with Crippen molar-refractivity contribution in [2.45, 2.75) is 70.8 Å². The lowest BCUT2D eigenvalue weighted by molar-refractivity contribution is -0.115. The number of aromatic nitrogens is 3. The summed E-state index contributed by atoms with van der Waals surface area (Å²) in [4.78, 5) is 40.0. The zero-order chi connectivity index (χ0) is 30.6. The summed E-state index contributed by atoms with van der Waals surface area (Å²) >= 11 is 2.74. The van der Waals surface area contributed by atoms with E-state index in [4.69, 9.17) is 9.47 Å². The van der Waals surface area contributed by atoms with Crippen LogP contribution in [0.3, 0.4) is 0 Å². The van der Waals surface area contributed by atoms with Crippen LogP contribution >= 0.6 is 23.1 Å². The number of esters is 1. The van der Waals surface area contributed by atoms with E-state index in [1.807, 2.05) is 0 Å². The lowest BCUT2D eigenvalue weighted by Crippen LogP contribution is -2.27. The van der Waals surface area contributed by atoms with Crippen LogP contribution in [0.2, 0.25) is 0 Å². The highest BCUT2D eigenvalue weighted by Crippen LogP contribution is 2.44. The average Bonchev–Trinajstić information content (AvgIpc) is 3.49. The van der Waals surface area contributed by atoms with E-state index in [2.05, 4.69) is 41.6 Å². The Morgan fingerprint density at radius 1 is 1.24 bits per heavy atom. The Hall–Kier alpha value is -3.38. The second-order valence-corrected chi connectivity index (χ2v) is 13.8. The smallest absolute Gasteiger partial charge is 0.341 e. The highest BCUT2D eigenvalue weighted by atomic mass is 32.2. The largest absolute Gasteiger partial charge is 0.497 e. The Morgan fingerprint density at radius 3 is 2.69 bits per heavy atom. The van der Waals surface area contributed by atoms with Gasteiger partial charge in [-0.15, -0.1) is 21.5 Å². The van der Waals surface area contributed by atoms with Gasteiger partial charge < -0.3 is 24.7 Å². The Morgan fingerprint density at radius 2 is 2.00 bits per heavy atom. The lowest BCUT2D eigenvalue weighted by Gasteiger charge is -2.33. The van der Waals surface area contributed by atoms with Gasteiger partial charge in [0, 0.05) is 17.5 Å². The number of methoxy groups -OCH3 is 1. The van der Waals surface area contributed by atoms with E-state index in [-0.39, 0.29) is 30.4 Å². The fourth-order valence-electron chi connectivity index (χ4n) is 4.88. The third-order valence-electron chi connectivity index (χ3n) is 7.52. The van der Waals surface area contributed by atoms with E-state index in [9.17, 15) is 14.4 Å². The normalized spacial score (nSPS) is 15.5. The molecule has 3 aromatic rings. The second-order valence-electron chi connectivity index (χ2n) is 11.4. The minimum Gasteiger partial charge on any atom is -0.497 e. The predicted octanol–water partition coefficient (Wildman–Crippen LogP) is 5.26. The number of nitrogens with one attached hydrogen (secondary N) is 2. The number of thioether (sulfide) groups is 1. The van der Waals surface area contributed by atoms with Crippen molar-refractivity contribution >= 4 is 45.9 Å². The zero-order valence-corrected chi connectivity index (χ0v) is 26.8. The number of carbonyl (C=O) groups is 3. The van der Waals surface area contributed by atoms with Crippen molar-refractivity contribution in [2.24, 2.45) is 18.4 Å². The Balaban J connectivity index is 1.43. The van der Waals surface area contributed by atoms with Crippen molar-refractivity contribution in [3.8, 4) is 5.75 Å². The maximum atomic E-state index is 13.3. The number of anilines is 1. The van der Waals surface area contributed by atoms with E-state index in [1.165, 1.54) is 23.1 Å². The van der Waals surface area contributed by atoms with Crippen LogP contribution in [0.15, 0.2) is 29.4 Å². The first-order chi connectivity index (χ1) is 19.9. The first-order valence-electron chi connectivity index (χ1n) is 14.0. The van der Waals surface area contributed by atoms with Crippen LogP contribution in [-0.4, -0.2) is 51.5 Å². The number of rotatable bonds is 10. The number of hydrogen-bond donors (Lipinski definition) is 2. The van der Waals surface area contributed by atoms with Gasteiger partial charge in [0.05, 0.1) is 31.1 Å². The van der Waals surface area contributed by atoms with Crippen molar-refractivity contribution in [3.05, 3.63) is 51.7 Å². The Kier molecular flexibility index (Phi) is 9.98. The molecule has 2 atom stereocenters. The summed E-state index contributed by atoms with van der Waals surface area (Å²) in [5.74, 6) is 0.746. The molecule has 0 aliphatic heterocycles. The summed E-state index contributed by atoms with van der Waals surface area (Å²) in [6.07, 6.45) is 2.66. The van der Waals surface area contributed by atoms with Crippen LogP contribution in [0.1, 0.15) is 78.0 Å². The predicted molar refractivity (Wildman–Crippen MR) is 164 cm³/mol. The van der Waals surface area contributed by atoms with E-state index >= 15 is 0 Å². The van der Waals surface area contributed by atoms with Crippen LogP contribution in [0.5, 0.6) is 5.75 Å². The summed E-state index contributed by atoms with van der Waals surface area (Å²) in [7, 11) is 3.34. The quantitative estimate of drug-likeness (QED) is 0.234. The number of benzene rings is 1. The molecule has 2 heterocycles. The van der Waals surface area contributed by atoms with E-state index < -0.39 is 11.2 Å². The number of nitrogens with zero attached hydrogens (tertiary/aromatic N) is 3. The van der Waals surface area contributed by atoms with Crippen LogP contribution < -0.4 is 15.4 Å². The first kappa shape index (κ1) is 31.6. The number of thiophene rings is 1. The maximum absolute atomic E-state index is 13.3. The Bertz CT molecular complexity index is 1460. The molecule has 42 heavy (non-hydrogen) atoms. The van der Waals surface area contributed by atoms with Gasteiger partial charge in [-0.2, -0.15) is 0 Å². The van der Waals surface area contributed by atoms with Gasteiger partial charge >= 0.3 is 5.97 Å². The molecule has 0 spiro atoms. The minimum atomic E-state index is -0.524. The highest BCUT2D eigenvalue weighted by Gasteiger charge is 2.35. The molecule has 0 saturated carbocycles. The summed E-state index contributed by atoms with van der Waals surface area (Å²) in [5, 5.41) is 14.8. The van der Waals surface area contributed by atoms with Gasteiger partial charge in [0.25, 0.3) is 5.91 Å². The summed E-state index contributed by atoms with van der Waals surface area (Å²) < 4.78 is 12.3. The van der Waals surface area contributed by atoms with Gasteiger partial charge in [-0.25, -0.2) is 4.79 Å². The topological polar surface area (TPSA) is 124 Å². The van der Waals surface area contributed by atoms with Gasteiger partial charge in [0.2, 0.25) is 5.91 Å². The molecule has 4 rings (SSSR count). The molecule has 2 unspecified atom stereocenters. The SMILES string of the molecule is CCOC(=O)c1c(NC(=O)C(C)Sc2nnc(CNC(=O)c3cccc(OC)c3)n2C)sc2c1CCC(C(C)(C)C)C2. The van der Waals surface area contributed by atoms with Crippen LogP contribution in [0.4, 0.5) is 5.00 Å². The molecule has 12 heteroatoms. The van der Waals surface area contributed by atoms with Crippen LogP contribution in [0, 0.1) is 11.3 Å². The second kappa shape index (κ2) is 13.3. The molecule has 0 radical (unpaired) electrons. The molecule has 0 fully saturated rings. The van der Waals surface area contributed by atoms with Gasteiger partial charge in [-0.3, -0.25) is 9.59 Å². The number of carbonyl (C=O) groups excluding carboxylic acids is 3. The molecule has 2 amide bonds. The van der Waals surface area contributed by atoms with Gasteiger partial charge in [-0.05, 0) is 68.2 Å². The molecule has 1 aliphatic carbocycles. The monoisotopic (exact) mass is 613 g/mol. The number of fused-ring (bicyclic) bond motifs is 1. The van der Waals surface area contributed by atoms with Crippen LogP contribution in [0.25, 0.3) is 0 Å². The molecule has 1 aliphatic rings. The van der Waals surface area contributed by atoms with Gasteiger partial charge in [-0.1, -0.05) is 38.6 Å². The molecule has 2 N–H and O–H groups in total. The summed E-state index contributed by atoms with van der Waals surface area (Å²) in [6.45, 7) is 10.7. The fourth-order valence-corrected chi connectivity index (χ4v) is 7.04. The molecule has 0 bridgehead atoms. The highest BCUT2D eigenvalue weighted by molar-refractivity contribution is 8.00. The molecule has 10 nitrogen and oxygen atoms in total. The molecule has 1 aromatic carbocycles. The summed E-state index contributed by atoms with van der Waals surface area (Å²) in [5.41, 5.74) is 2.13. The van der Waals surface area contributed by atoms with Crippen LogP contribution in [-0.2, 0) is 36.0 Å². The minimum absolute atomic E-state index is 0.160. The third kappa shape index (κ3) is 7.15. The standard InChI is InChI=1S/C30H39N5O5S2/c1-8-40-28(38)24-21-13-12-19(30(3,4)5)15-22(21)42-27(24)32-25(36)17(2)41-29-34-33-23(35(29)6)16-31-26(37)18-10-9-11-20(14-18)39-7/h9-11,14,17,19H,8,12-13,15-16H2,1-7H3,(H,31,37)(H,32,36). The molecule has 226 valence electrons. The number of ether oxygens (including phenoxy) is 2. The van der Waals surface area contributed by atoms with E-state index in [1.54, 1.807) is 56.8 Å². The number of hydrogen-bond acceptors (Lipinski definition) is 9. The lowest BCUT2D eigenvalue weighted by atomic mass is 9.72. The van der Waals surface area contributed by atoms with Crippen molar-refractivity contribution in [1.82, 2.24) is 20.1 Å². The summed E-state index contributed by atoms with van der Waals surface area (Å²) in [6, 6.07) is 6.89. The molecule has 2 aromatic heterocycles.